The van der Waals surface area contributed by atoms with Crippen molar-refractivity contribution in [3.05, 3.63) is 28.5 Å². The minimum Gasteiger partial charge on any atom is -0.491 e. The van der Waals surface area contributed by atoms with E-state index in [-0.39, 0.29) is 16.0 Å². The van der Waals surface area contributed by atoms with Gasteiger partial charge in [0.15, 0.2) is 0 Å². The molecule has 0 aliphatic heterocycles. The summed E-state index contributed by atoms with van der Waals surface area (Å²) < 4.78 is 19.8. The Bertz CT molecular complexity index is 625. The Morgan fingerprint density at radius 3 is 2.30 bits per heavy atom. The number of halogens is 2. The van der Waals surface area contributed by atoms with Crippen LogP contribution in [0.3, 0.4) is 0 Å². The highest BCUT2D eigenvalue weighted by molar-refractivity contribution is 6.32. The van der Waals surface area contributed by atoms with Crippen molar-refractivity contribution in [1.29, 1.82) is 0 Å². The molecule has 1 aromatic rings. The molecule has 4 aliphatic rings. The minimum absolute atomic E-state index is 0.197. The van der Waals surface area contributed by atoms with Crippen LogP contribution in [0.25, 0.3) is 0 Å². The molecule has 0 radical (unpaired) electrons. The lowest BCUT2D eigenvalue weighted by atomic mass is 9.50. The lowest BCUT2D eigenvalue weighted by Crippen LogP contribution is -2.48. The van der Waals surface area contributed by atoms with Crippen molar-refractivity contribution in [3.63, 3.8) is 0 Å². The normalized spacial score (nSPS) is 34.6. The molecule has 5 rings (SSSR count). The van der Waals surface area contributed by atoms with Gasteiger partial charge in [0.25, 0.3) is 5.91 Å². The monoisotopic (exact) mass is 337 g/mol. The van der Waals surface area contributed by atoms with Gasteiger partial charge in [0.1, 0.15) is 11.6 Å². The van der Waals surface area contributed by atoms with E-state index in [2.05, 4.69) is 0 Å². The number of rotatable bonds is 4. The first-order valence-corrected chi connectivity index (χ1v) is 8.73. The third kappa shape index (κ3) is 2.71. The smallest absolute Gasteiger partial charge is 0.251 e. The molecular formula is C18H21ClFNO2. The number of carbonyl (C=O) groups is 1. The molecule has 3 nitrogen and oxygen atoms in total. The summed E-state index contributed by atoms with van der Waals surface area (Å²) in [5.41, 5.74) is 5.17. The Morgan fingerprint density at radius 1 is 1.22 bits per heavy atom. The molecule has 0 unspecified atom stereocenters. The number of carbonyl (C=O) groups excluding carboxylic acids is 1. The number of hydrogen-bond acceptors (Lipinski definition) is 2. The average molecular weight is 338 g/mol. The second-order valence-electron chi connectivity index (χ2n) is 7.83. The molecule has 0 heterocycles. The van der Waals surface area contributed by atoms with Gasteiger partial charge in [0.05, 0.1) is 17.2 Å². The summed E-state index contributed by atoms with van der Waals surface area (Å²) in [5.74, 6) is 1.34. The van der Waals surface area contributed by atoms with Gasteiger partial charge < -0.3 is 10.5 Å². The molecule has 4 fully saturated rings. The Morgan fingerprint density at radius 2 is 1.78 bits per heavy atom. The fourth-order valence-corrected chi connectivity index (χ4v) is 5.74. The van der Waals surface area contributed by atoms with Crippen molar-refractivity contribution in [2.45, 2.75) is 38.5 Å². The van der Waals surface area contributed by atoms with Gasteiger partial charge in [-0.15, -0.1) is 0 Å². The van der Waals surface area contributed by atoms with Gasteiger partial charge in [-0.2, -0.15) is 0 Å². The largest absolute Gasteiger partial charge is 0.491 e. The molecule has 4 bridgehead atoms. The van der Waals surface area contributed by atoms with Crippen LogP contribution in [0.1, 0.15) is 48.9 Å². The standard InChI is InChI=1S/C18H21ClFNO2/c19-14-4-13(17(21)22)15(20)5-16(14)23-9-18-6-10-1-11(7-18)3-12(2-10)8-18/h4-5,10-12H,1-3,6-9H2,(H2,21,22). The van der Waals surface area contributed by atoms with Gasteiger partial charge in [0, 0.05) is 11.5 Å². The molecule has 4 aliphatic carbocycles. The molecule has 0 saturated heterocycles. The molecule has 124 valence electrons. The number of primary amides is 1. The van der Waals surface area contributed by atoms with Crippen LogP contribution >= 0.6 is 11.6 Å². The molecule has 23 heavy (non-hydrogen) atoms. The zero-order valence-electron chi connectivity index (χ0n) is 13.0. The molecule has 0 spiro atoms. The van der Waals surface area contributed by atoms with Crippen LogP contribution in [-0.2, 0) is 0 Å². The fraction of sp³-hybridized carbons (Fsp3) is 0.611. The van der Waals surface area contributed by atoms with Crippen molar-refractivity contribution in [2.75, 3.05) is 6.61 Å². The number of benzene rings is 1. The highest BCUT2D eigenvalue weighted by Crippen LogP contribution is 2.60. The number of hydrogen-bond donors (Lipinski definition) is 1. The van der Waals surface area contributed by atoms with Crippen LogP contribution in [0.15, 0.2) is 12.1 Å². The average Bonchev–Trinajstić information content (AvgIpc) is 2.46. The zero-order valence-corrected chi connectivity index (χ0v) is 13.7. The maximum atomic E-state index is 13.9. The highest BCUT2D eigenvalue weighted by Gasteiger charge is 2.51. The summed E-state index contributed by atoms with van der Waals surface area (Å²) in [5, 5.41) is 0.241. The fourth-order valence-electron chi connectivity index (χ4n) is 5.53. The maximum absolute atomic E-state index is 13.9. The van der Waals surface area contributed by atoms with Crippen LogP contribution in [0.4, 0.5) is 4.39 Å². The van der Waals surface area contributed by atoms with E-state index in [4.69, 9.17) is 22.1 Å². The quantitative estimate of drug-likeness (QED) is 0.896. The molecule has 5 heteroatoms. The van der Waals surface area contributed by atoms with Crippen molar-refractivity contribution in [2.24, 2.45) is 28.9 Å². The maximum Gasteiger partial charge on any atom is 0.251 e. The second-order valence-corrected chi connectivity index (χ2v) is 8.24. The summed E-state index contributed by atoms with van der Waals surface area (Å²) in [6.07, 6.45) is 7.79. The van der Waals surface area contributed by atoms with E-state index in [1.165, 1.54) is 50.7 Å². The van der Waals surface area contributed by atoms with Gasteiger partial charge in [-0.3, -0.25) is 4.79 Å². The summed E-state index contributed by atoms with van der Waals surface area (Å²) in [6, 6.07) is 2.44. The summed E-state index contributed by atoms with van der Waals surface area (Å²) in [7, 11) is 0. The van der Waals surface area contributed by atoms with Gasteiger partial charge in [-0.05, 0) is 62.3 Å². The Hall–Kier alpha value is -1.29. The van der Waals surface area contributed by atoms with E-state index in [1.807, 2.05) is 0 Å². The number of nitrogens with two attached hydrogens (primary N) is 1. The van der Waals surface area contributed by atoms with Crippen LogP contribution in [0.2, 0.25) is 5.02 Å². The zero-order chi connectivity index (χ0) is 16.2. The Labute approximate surface area is 140 Å². The lowest BCUT2D eigenvalue weighted by molar-refractivity contribution is -0.0745. The number of amides is 1. The van der Waals surface area contributed by atoms with Crippen molar-refractivity contribution >= 4 is 17.5 Å². The third-order valence-corrected chi connectivity index (χ3v) is 6.28. The van der Waals surface area contributed by atoms with E-state index in [9.17, 15) is 9.18 Å². The van der Waals surface area contributed by atoms with Gasteiger partial charge in [0.2, 0.25) is 0 Å². The molecule has 1 aromatic carbocycles. The van der Waals surface area contributed by atoms with Crippen LogP contribution < -0.4 is 10.5 Å². The number of ether oxygens (including phenoxy) is 1. The SMILES string of the molecule is NC(=O)c1cc(Cl)c(OCC23CC4CC(CC(C4)C2)C3)cc1F. The molecule has 4 saturated carbocycles. The first kappa shape index (κ1) is 15.3. The van der Waals surface area contributed by atoms with Gasteiger partial charge >= 0.3 is 0 Å². The topological polar surface area (TPSA) is 52.3 Å². The van der Waals surface area contributed by atoms with Gasteiger partial charge in [-0.1, -0.05) is 11.6 Å². The summed E-state index contributed by atoms with van der Waals surface area (Å²) >= 11 is 6.13. The first-order chi connectivity index (χ1) is 10.9. The predicted octanol–water partition coefficient (Wildman–Crippen LogP) is 4.17. The summed E-state index contributed by atoms with van der Waals surface area (Å²) in [6.45, 7) is 0.589. The van der Waals surface area contributed by atoms with Crippen LogP contribution in [-0.4, -0.2) is 12.5 Å². The van der Waals surface area contributed by atoms with E-state index in [0.717, 1.165) is 17.8 Å². The molecule has 0 aromatic heterocycles. The van der Waals surface area contributed by atoms with Gasteiger partial charge in [-0.25, -0.2) is 4.39 Å². The predicted molar refractivity (Wildman–Crippen MR) is 86.0 cm³/mol. The molecule has 2 N–H and O–H groups in total. The van der Waals surface area contributed by atoms with Crippen molar-refractivity contribution in [1.82, 2.24) is 0 Å². The summed E-state index contributed by atoms with van der Waals surface area (Å²) in [4.78, 5) is 11.2. The minimum atomic E-state index is -0.822. The molecular weight excluding hydrogens is 317 g/mol. The van der Waals surface area contributed by atoms with Crippen LogP contribution in [0.5, 0.6) is 5.75 Å². The van der Waals surface area contributed by atoms with Crippen molar-refractivity contribution < 1.29 is 13.9 Å². The van der Waals surface area contributed by atoms with E-state index in [0.29, 0.717) is 12.4 Å². The first-order valence-electron chi connectivity index (χ1n) is 8.36. The Balaban J connectivity index is 1.51. The van der Waals surface area contributed by atoms with E-state index < -0.39 is 11.7 Å². The molecule has 0 atom stereocenters. The highest BCUT2D eigenvalue weighted by atomic mass is 35.5. The van der Waals surface area contributed by atoms with Crippen molar-refractivity contribution in [3.8, 4) is 5.75 Å². The Kier molecular flexibility index (Phi) is 3.56. The molecule has 1 amide bonds. The van der Waals surface area contributed by atoms with Crippen LogP contribution in [0, 0.1) is 29.0 Å². The third-order valence-electron chi connectivity index (χ3n) is 5.99. The van der Waals surface area contributed by atoms with E-state index >= 15 is 0 Å². The second kappa shape index (κ2) is 5.37. The van der Waals surface area contributed by atoms with E-state index in [1.54, 1.807) is 0 Å². The lowest BCUT2D eigenvalue weighted by Gasteiger charge is -2.56.